The predicted molar refractivity (Wildman–Crippen MR) is 117 cm³/mol. The normalized spacial score (nSPS) is 10.9. The molecule has 0 aromatic heterocycles. The topological polar surface area (TPSA) is 93.7 Å². The van der Waals surface area contributed by atoms with Crippen molar-refractivity contribution in [1.82, 2.24) is 0 Å². The molecular weight excluding hydrogens is 404 g/mol. The van der Waals surface area contributed by atoms with E-state index in [0.717, 1.165) is 11.8 Å². The summed E-state index contributed by atoms with van der Waals surface area (Å²) in [5, 5.41) is 2.78. The highest BCUT2D eigenvalue weighted by Gasteiger charge is 2.11. The van der Waals surface area contributed by atoms with Crippen molar-refractivity contribution in [3.63, 3.8) is 0 Å². The van der Waals surface area contributed by atoms with Gasteiger partial charge < -0.3 is 14.8 Å². The van der Waals surface area contributed by atoms with Crippen LogP contribution in [0.4, 0.5) is 11.4 Å². The molecule has 8 heteroatoms. The van der Waals surface area contributed by atoms with Crippen LogP contribution >= 0.6 is 0 Å². The van der Waals surface area contributed by atoms with Gasteiger partial charge in [0.1, 0.15) is 5.75 Å². The van der Waals surface area contributed by atoms with Crippen LogP contribution in [0.3, 0.4) is 0 Å². The number of benzene rings is 3. The van der Waals surface area contributed by atoms with Crippen LogP contribution in [-0.4, -0.2) is 27.7 Å². The van der Waals surface area contributed by atoms with Crippen LogP contribution in [0.2, 0.25) is 0 Å². The van der Waals surface area contributed by atoms with E-state index in [1.54, 1.807) is 62.6 Å². The highest BCUT2D eigenvalue weighted by Crippen LogP contribution is 2.31. The van der Waals surface area contributed by atoms with Crippen molar-refractivity contribution in [2.24, 2.45) is 0 Å². The highest BCUT2D eigenvalue weighted by molar-refractivity contribution is 7.92. The molecule has 30 heavy (non-hydrogen) atoms. The van der Waals surface area contributed by atoms with Crippen LogP contribution < -0.4 is 19.5 Å². The molecule has 0 unspecified atom stereocenters. The maximum absolute atomic E-state index is 12.6. The molecule has 156 valence electrons. The molecule has 0 spiro atoms. The first kappa shape index (κ1) is 21.2. The quantitative estimate of drug-likeness (QED) is 0.583. The summed E-state index contributed by atoms with van der Waals surface area (Å²) in [7, 11) is -1.87. The van der Waals surface area contributed by atoms with Crippen molar-refractivity contribution in [2.45, 2.75) is 6.92 Å². The number of sulfonamides is 1. The fourth-order valence-corrected chi connectivity index (χ4v) is 3.33. The second kappa shape index (κ2) is 8.87. The second-order valence-electron chi connectivity index (χ2n) is 6.64. The third-order valence-corrected chi connectivity index (χ3v) is 4.79. The van der Waals surface area contributed by atoms with E-state index < -0.39 is 10.0 Å². The summed E-state index contributed by atoms with van der Waals surface area (Å²) in [5.41, 5.74) is 1.99. The monoisotopic (exact) mass is 426 g/mol. The number of carbonyl (C=O) groups is 1. The molecule has 0 bridgehead atoms. The van der Waals surface area contributed by atoms with E-state index in [2.05, 4.69) is 10.0 Å². The molecule has 1 amide bonds. The minimum absolute atomic E-state index is 0.334. The average molecular weight is 426 g/mol. The average Bonchev–Trinajstić information content (AvgIpc) is 2.70. The first-order valence-corrected chi connectivity index (χ1v) is 10.9. The summed E-state index contributed by atoms with van der Waals surface area (Å²) < 4.78 is 36.5. The number of rotatable bonds is 7. The lowest BCUT2D eigenvalue weighted by atomic mass is 10.1. The minimum Gasteiger partial charge on any atom is -0.493 e. The molecule has 3 rings (SSSR count). The van der Waals surface area contributed by atoms with E-state index in [4.69, 9.17) is 9.47 Å². The molecular formula is C22H22N2O5S. The zero-order chi connectivity index (χ0) is 21.7. The fraction of sp³-hybridized carbons (Fsp3) is 0.136. The summed E-state index contributed by atoms with van der Waals surface area (Å²) in [4.78, 5) is 12.6. The van der Waals surface area contributed by atoms with Gasteiger partial charge in [0.15, 0.2) is 11.5 Å². The maximum atomic E-state index is 12.6. The Balaban J connectivity index is 1.71. The molecule has 0 heterocycles. The van der Waals surface area contributed by atoms with Gasteiger partial charge in [-0.05, 0) is 61.0 Å². The lowest BCUT2D eigenvalue weighted by Crippen LogP contribution is -2.14. The Morgan fingerprint density at radius 1 is 0.933 bits per heavy atom. The van der Waals surface area contributed by atoms with Crippen LogP contribution in [0.15, 0.2) is 66.7 Å². The summed E-state index contributed by atoms with van der Waals surface area (Å²) in [6, 6.07) is 19.0. The number of hydrogen-bond acceptors (Lipinski definition) is 5. The van der Waals surface area contributed by atoms with Crippen LogP contribution in [0, 0.1) is 6.92 Å². The van der Waals surface area contributed by atoms with E-state index in [9.17, 15) is 13.2 Å². The molecule has 0 aliphatic carbocycles. The standard InChI is InChI=1S/C22H22N2O5S/c1-15-8-9-16(14-19(15)24-30(3,26)27)22(25)23-17-10-12-18(13-11-17)29-21-7-5-4-6-20(21)28-2/h4-14,24H,1-3H3,(H,23,25). The van der Waals surface area contributed by atoms with Gasteiger partial charge in [0.2, 0.25) is 10.0 Å². The van der Waals surface area contributed by atoms with E-state index in [1.165, 1.54) is 6.07 Å². The lowest BCUT2D eigenvalue weighted by molar-refractivity contribution is 0.102. The maximum Gasteiger partial charge on any atom is 0.255 e. The van der Waals surface area contributed by atoms with Gasteiger partial charge in [0.05, 0.1) is 19.1 Å². The molecule has 7 nitrogen and oxygen atoms in total. The van der Waals surface area contributed by atoms with Gasteiger partial charge in [-0.15, -0.1) is 0 Å². The zero-order valence-corrected chi connectivity index (χ0v) is 17.6. The van der Waals surface area contributed by atoms with Crippen molar-refractivity contribution in [1.29, 1.82) is 0 Å². The van der Waals surface area contributed by atoms with Gasteiger partial charge in [-0.2, -0.15) is 0 Å². The van der Waals surface area contributed by atoms with E-state index in [0.29, 0.717) is 34.2 Å². The first-order valence-electron chi connectivity index (χ1n) is 9.06. The Bertz CT molecular complexity index is 1160. The van der Waals surface area contributed by atoms with E-state index in [-0.39, 0.29) is 5.91 Å². The summed E-state index contributed by atoms with van der Waals surface area (Å²) in [5.74, 6) is 1.44. The largest absolute Gasteiger partial charge is 0.493 e. The third kappa shape index (κ3) is 5.51. The molecule has 2 N–H and O–H groups in total. The van der Waals surface area contributed by atoms with Gasteiger partial charge in [0, 0.05) is 11.3 Å². The molecule has 3 aromatic carbocycles. The number of nitrogens with one attached hydrogen (secondary N) is 2. The summed E-state index contributed by atoms with van der Waals surface area (Å²) in [6.07, 6.45) is 1.06. The fourth-order valence-electron chi connectivity index (χ4n) is 2.71. The Hall–Kier alpha value is -3.52. The highest BCUT2D eigenvalue weighted by atomic mass is 32.2. The lowest BCUT2D eigenvalue weighted by Gasteiger charge is -2.12. The molecule has 0 aliphatic rings. The van der Waals surface area contributed by atoms with Crippen LogP contribution in [-0.2, 0) is 10.0 Å². The smallest absolute Gasteiger partial charge is 0.255 e. The van der Waals surface area contributed by atoms with Crippen LogP contribution in [0.25, 0.3) is 0 Å². The van der Waals surface area contributed by atoms with Crippen molar-refractivity contribution in [3.05, 3.63) is 77.9 Å². The van der Waals surface area contributed by atoms with Crippen molar-refractivity contribution >= 4 is 27.3 Å². The number of methoxy groups -OCH3 is 1. The zero-order valence-electron chi connectivity index (χ0n) is 16.8. The number of carbonyl (C=O) groups excluding carboxylic acids is 1. The van der Waals surface area contributed by atoms with Gasteiger partial charge in [-0.25, -0.2) is 8.42 Å². The van der Waals surface area contributed by atoms with Gasteiger partial charge in [0.25, 0.3) is 5.91 Å². The van der Waals surface area contributed by atoms with Crippen molar-refractivity contribution in [3.8, 4) is 17.2 Å². The number of ether oxygens (including phenoxy) is 2. The molecule has 0 saturated carbocycles. The summed E-state index contributed by atoms with van der Waals surface area (Å²) >= 11 is 0. The van der Waals surface area contributed by atoms with Crippen molar-refractivity contribution < 1.29 is 22.7 Å². The van der Waals surface area contributed by atoms with Crippen LogP contribution in [0.5, 0.6) is 17.2 Å². The Morgan fingerprint density at radius 2 is 1.60 bits per heavy atom. The SMILES string of the molecule is COc1ccccc1Oc1ccc(NC(=O)c2ccc(C)c(NS(C)(=O)=O)c2)cc1. The van der Waals surface area contributed by atoms with Gasteiger partial charge in [-0.1, -0.05) is 18.2 Å². The number of anilines is 2. The summed E-state index contributed by atoms with van der Waals surface area (Å²) in [6.45, 7) is 1.76. The third-order valence-electron chi connectivity index (χ3n) is 4.20. The Kier molecular flexibility index (Phi) is 6.27. The predicted octanol–water partition coefficient (Wildman–Crippen LogP) is 4.42. The minimum atomic E-state index is -3.44. The van der Waals surface area contributed by atoms with E-state index >= 15 is 0 Å². The molecule has 0 fully saturated rings. The Morgan fingerprint density at radius 3 is 2.23 bits per heavy atom. The molecule has 0 radical (unpaired) electrons. The molecule has 0 saturated heterocycles. The Labute approximate surface area is 175 Å². The van der Waals surface area contributed by atoms with Crippen molar-refractivity contribution in [2.75, 3.05) is 23.4 Å². The second-order valence-corrected chi connectivity index (χ2v) is 8.38. The van der Waals surface area contributed by atoms with Crippen LogP contribution in [0.1, 0.15) is 15.9 Å². The van der Waals surface area contributed by atoms with E-state index in [1.807, 2.05) is 12.1 Å². The number of hydrogen-bond donors (Lipinski definition) is 2. The first-order chi connectivity index (χ1) is 14.2. The number of para-hydroxylation sites is 2. The van der Waals surface area contributed by atoms with Gasteiger partial charge in [-0.3, -0.25) is 9.52 Å². The number of amides is 1. The molecule has 3 aromatic rings. The molecule has 0 aliphatic heterocycles. The number of aryl methyl sites for hydroxylation is 1. The molecule has 0 atom stereocenters. The van der Waals surface area contributed by atoms with Gasteiger partial charge >= 0.3 is 0 Å².